The Morgan fingerprint density at radius 2 is 1.86 bits per heavy atom. The zero-order valence-electron chi connectivity index (χ0n) is 16.0. The van der Waals surface area contributed by atoms with Crippen molar-refractivity contribution in [2.75, 3.05) is 5.32 Å². The van der Waals surface area contributed by atoms with Crippen LogP contribution in [0.15, 0.2) is 70.3 Å². The van der Waals surface area contributed by atoms with E-state index in [0.29, 0.717) is 30.4 Å². The van der Waals surface area contributed by atoms with Crippen LogP contribution in [0.1, 0.15) is 32.8 Å². The summed E-state index contributed by atoms with van der Waals surface area (Å²) in [7, 11) is 0. The van der Waals surface area contributed by atoms with Crippen LogP contribution in [0.5, 0.6) is 0 Å². The minimum atomic E-state index is -0.163. The van der Waals surface area contributed by atoms with Gasteiger partial charge in [-0.1, -0.05) is 18.2 Å². The number of hydrogen-bond donors (Lipinski definition) is 3. The number of rotatable bonds is 6. The molecule has 6 nitrogen and oxygen atoms in total. The topological polar surface area (TPSA) is 92.6 Å². The zero-order valence-corrected chi connectivity index (χ0v) is 16.0. The number of anilines is 1. The molecule has 3 aromatic rings. The van der Waals surface area contributed by atoms with Crippen molar-refractivity contribution in [1.29, 1.82) is 0 Å². The molecule has 0 fully saturated rings. The maximum atomic E-state index is 12.3. The highest BCUT2D eigenvalue weighted by Crippen LogP contribution is 2.13. The van der Waals surface area contributed by atoms with Gasteiger partial charge in [-0.2, -0.15) is 0 Å². The van der Waals surface area contributed by atoms with Gasteiger partial charge in [0.1, 0.15) is 5.76 Å². The molecule has 0 saturated carbocycles. The number of carbonyl (C=O) groups excluding carboxylic acids is 1. The lowest BCUT2D eigenvalue weighted by Crippen LogP contribution is -2.23. The third-order valence-corrected chi connectivity index (χ3v) is 4.12. The van der Waals surface area contributed by atoms with Gasteiger partial charge in [-0.25, -0.2) is 4.99 Å². The number of nitrogens with two attached hydrogens (primary N) is 1. The van der Waals surface area contributed by atoms with Gasteiger partial charge in [-0.05, 0) is 66.9 Å². The van der Waals surface area contributed by atoms with Crippen LogP contribution < -0.4 is 16.4 Å². The summed E-state index contributed by atoms with van der Waals surface area (Å²) in [6.45, 7) is 4.80. The molecular formula is C22H24N4O2. The Labute approximate surface area is 164 Å². The van der Waals surface area contributed by atoms with E-state index in [-0.39, 0.29) is 5.91 Å². The average Bonchev–Trinajstić information content (AvgIpc) is 3.17. The van der Waals surface area contributed by atoms with Gasteiger partial charge in [-0.3, -0.25) is 4.79 Å². The Hall–Kier alpha value is -3.54. The molecule has 28 heavy (non-hydrogen) atoms. The summed E-state index contributed by atoms with van der Waals surface area (Å²) >= 11 is 0. The second-order valence-corrected chi connectivity index (χ2v) is 6.67. The molecule has 0 radical (unpaired) electrons. The van der Waals surface area contributed by atoms with Gasteiger partial charge in [0.25, 0.3) is 5.91 Å². The molecule has 0 saturated heterocycles. The molecule has 6 heteroatoms. The first-order valence-electron chi connectivity index (χ1n) is 9.04. The van der Waals surface area contributed by atoms with Crippen LogP contribution in [0.4, 0.5) is 5.69 Å². The predicted octanol–water partition coefficient (Wildman–Crippen LogP) is 3.75. The summed E-state index contributed by atoms with van der Waals surface area (Å²) in [4.78, 5) is 16.7. The second kappa shape index (κ2) is 8.90. The number of nitrogens with one attached hydrogen (secondary N) is 2. The van der Waals surface area contributed by atoms with Gasteiger partial charge in [-0.15, -0.1) is 0 Å². The molecule has 0 unspecified atom stereocenters. The maximum Gasteiger partial charge on any atom is 0.251 e. The Bertz CT molecular complexity index is 958. The van der Waals surface area contributed by atoms with Gasteiger partial charge in [0.2, 0.25) is 0 Å². The molecule has 144 valence electrons. The van der Waals surface area contributed by atoms with Crippen molar-refractivity contribution in [2.45, 2.75) is 26.9 Å². The van der Waals surface area contributed by atoms with Crippen LogP contribution in [0.3, 0.4) is 0 Å². The van der Waals surface area contributed by atoms with Crippen LogP contribution in [0.2, 0.25) is 0 Å². The molecule has 0 spiro atoms. The largest absolute Gasteiger partial charge is 0.467 e. The summed E-state index contributed by atoms with van der Waals surface area (Å²) in [6, 6.07) is 17.1. The highest BCUT2D eigenvalue weighted by atomic mass is 16.3. The standard InChI is InChI=1S/C22H24N4O2/c1-15-9-16(2)11-19(10-15)26-22(23)25-13-17-5-3-6-18(12-17)21(27)24-14-20-7-4-8-28-20/h3-12H,13-14H2,1-2H3,(H,24,27)(H3,23,25,26). The maximum absolute atomic E-state index is 12.3. The number of nitrogens with zero attached hydrogens (tertiary/aromatic N) is 1. The third kappa shape index (κ3) is 5.48. The third-order valence-electron chi connectivity index (χ3n) is 4.12. The molecular weight excluding hydrogens is 352 g/mol. The number of aliphatic imine (C=N–C) groups is 1. The molecule has 0 aliphatic rings. The van der Waals surface area contributed by atoms with Crippen molar-refractivity contribution >= 4 is 17.6 Å². The summed E-state index contributed by atoms with van der Waals surface area (Å²) in [5, 5.41) is 5.94. The number of carbonyl (C=O) groups is 1. The van der Waals surface area contributed by atoms with E-state index in [9.17, 15) is 4.79 Å². The van der Waals surface area contributed by atoms with Crippen molar-refractivity contribution in [3.8, 4) is 0 Å². The molecule has 3 rings (SSSR count). The van der Waals surface area contributed by atoms with Gasteiger partial charge in [0.15, 0.2) is 5.96 Å². The summed E-state index contributed by atoms with van der Waals surface area (Å²) in [5.74, 6) is 0.876. The molecule has 0 bridgehead atoms. The lowest BCUT2D eigenvalue weighted by atomic mass is 10.1. The smallest absolute Gasteiger partial charge is 0.251 e. The number of amides is 1. The Morgan fingerprint density at radius 3 is 2.57 bits per heavy atom. The molecule has 1 aromatic heterocycles. The lowest BCUT2D eigenvalue weighted by molar-refractivity contribution is 0.0948. The molecule has 0 aliphatic heterocycles. The van der Waals surface area contributed by atoms with E-state index in [0.717, 1.165) is 22.4 Å². The van der Waals surface area contributed by atoms with E-state index in [4.69, 9.17) is 10.2 Å². The summed E-state index contributed by atoms with van der Waals surface area (Å²) in [5.41, 5.74) is 10.7. The fourth-order valence-electron chi connectivity index (χ4n) is 2.90. The molecule has 1 amide bonds. The first kappa shape index (κ1) is 19.2. The quantitative estimate of drug-likeness (QED) is 0.451. The SMILES string of the molecule is Cc1cc(C)cc(NC(N)=NCc2cccc(C(=O)NCc3ccco3)c2)c1. The van der Waals surface area contributed by atoms with Crippen LogP contribution in [-0.4, -0.2) is 11.9 Å². The lowest BCUT2D eigenvalue weighted by Gasteiger charge is -2.08. The minimum absolute atomic E-state index is 0.163. The second-order valence-electron chi connectivity index (χ2n) is 6.67. The highest BCUT2D eigenvalue weighted by molar-refractivity contribution is 5.94. The minimum Gasteiger partial charge on any atom is -0.467 e. The van der Waals surface area contributed by atoms with Crippen molar-refractivity contribution in [3.05, 3.63) is 88.9 Å². The van der Waals surface area contributed by atoms with E-state index in [2.05, 4.69) is 21.7 Å². The highest BCUT2D eigenvalue weighted by Gasteiger charge is 2.07. The van der Waals surface area contributed by atoms with Crippen molar-refractivity contribution < 1.29 is 9.21 Å². The summed E-state index contributed by atoms with van der Waals surface area (Å²) in [6.07, 6.45) is 1.58. The number of hydrogen-bond acceptors (Lipinski definition) is 3. The van der Waals surface area contributed by atoms with E-state index in [1.165, 1.54) is 0 Å². The van der Waals surface area contributed by atoms with Crippen LogP contribution in [-0.2, 0) is 13.1 Å². The fraction of sp³-hybridized carbons (Fsp3) is 0.182. The van der Waals surface area contributed by atoms with E-state index in [1.807, 2.05) is 50.2 Å². The monoisotopic (exact) mass is 376 g/mol. The first-order chi connectivity index (χ1) is 13.5. The zero-order chi connectivity index (χ0) is 19.9. The average molecular weight is 376 g/mol. The fourth-order valence-corrected chi connectivity index (χ4v) is 2.90. The van der Waals surface area contributed by atoms with Gasteiger partial charge < -0.3 is 20.8 Å². The Morgan fingerprint density at radius 1 is 1.07 bits per heavy atom. The first-order valence-corrected chi connectivity index (χ1v) is 9.04. The van der Waals surface area contributed by atoms with Gasteiger partial charge in [0, 0.05) is 11.3 Å². The van der Waals surface area contributed by atoms with Gasteiger partial charge in [0.05, 0.1) is 19.4 Å². The van der Waals surface area contributed by atoms with Crippen molar-refractivity contribution in [2.24, 2.45) is 10.7 Å². The van der Waals surface area contributed by atoms with Crippen LogP contribution in [0, 0.1) is 13.8 Å². The molecule has 2 aromatic carbocycles. The molecule has 4 N–H and O–H groups in total. The van der Waals surface area contributed by atoms with Crippen molar-refractivity contribution in [1.82, 2.24) is 5.32 Å². The van der Waals surface area contributed by atoms with Gasteiger partial charge >= 0.3 is 0 Å². The Kier molecular flexibility index (Phi) is 6.11. The number of furan rings is 1. The van der Waals surface area contributed by atoms with Crippen molar-refractivity contribution in [3.63, 3.8) is 0 Å². The van der Waals surface area contributed by atoms with E-state index >= 15 is 0 Å². The van der Waals surface area contributed by atoms with E-state index < -0.39 is 0 Å². The Balaban J connectivity index is 1.60. The number of guanidine groups is 1. The summed E-state index contributed by atoms with van der Waals surface area (Å²) < 4.78 is 5.22. The number of aryl methyl sites for hydroxylation is 2. The number of benzene rings is 2. The van der Waals surface area contributed by atoms with Crippen LogP contribution in [0.25, 0.3) is 0 Å². The molecule has 1 heterocycles. The van der Waals surface area contributed by atoms with Crippen LogP contribution >= 0.6 is 0 Å². The molecule has 0 atom stereocenters. The predicted molar refractivity (Wildman–Crippen MR) is 111 cm³/mol. The normalized spacial score (nSPS) is 11.3. The molecule has 0 aliphatic carbocycles. The van der Waals surface area contributed by atoms with E-state index in [1.54, 1.807) is 18.4 Å².